The molecule has 2 aliphatic rings. The quantitative estimate of drug-likeness (QED) is 0.404. The van der Waals surface area contributed by atoms with Crippen LogP contribution in [0.4, 0.5) is 4.79 Å². The lowest BCUT2D eigenvalue weighted by atomic mass is 9.88. The second-order valence-electron chi connectivity index (χ2n) is 8.50. The van der Waals surface area contributed by atoms with Crippen LogP contribution in [0, 0.1) is 17.8 Å². The van der Waals surface area contributed by atoms with Gasteiger partial charge in [-0.3, -0.25) is 0 Å². The highest BCUT2D eigenvalue weighted by Gasteiger charge is 2.47. The summed E-state index contributed by atoms with van der Waals surface area (Å²) in [6.07, 6.45) is 11.9. The fourth-order valence-corrected chi connectivity index (χ4v) is 4.52. The molecule has 5 nitrogen and oxygen atoms in total. The summed E-state index contributed by atoms with van der Waals surface area (Å²) in [6.45, 7) is 2.88. The molecule has 0 saturated heterocycles. The number of aliphatic hydroxyl groups excluding tert-OH is 1. The molecule has 5 atom stereocenters. The number of hydrogen-bond donors (Lipinski definition) is 1. The number of carbonyl (C=O) groups is 1. The summed E-state index contributed by atoms with van der Waals surface area (Å²) in [7, 11) is 3.44. The Labute approximate surface area is 159 Å². The van der Waals surface area contributed by atoms with Gasteiger partial charge in [-0.1, -0.05) is 45.4 Å². The van der Waals surface area contributed by atoms with Crippen molar-refractivity contribution < 1.29 is 19.4 Å². The number of hydrogen-bond acceptors (Lipinski definition) is 4. The topological polar surface area (TPSA) is 59.0 Å². The van der Waals surface area contributed by atoms with Crippen LogP contribution in [0.1, 0.15) is 77.6 Å². The molecular weight excluding hydrogens is 330 g/mol. The Morgan fingerprint density at radius 3 is 2.35 bits per heavy atom. The van der Waals surface area contributed by atoms with Crippen LogP contribution in [0.3, 0.4) is 0 Å². The van der Waals surface area contributed by atoms with Crippen LogP contribution in [-0.4, -0.2) is 49.2 Å². The Kier molecular flexibility index (Phi) is 9.20. The molecule has 0 spiro atoms. The summed E-state index contributed by atoms with van der Waals surface area (Å²) < 4.78 is 11.3. The minimum atomic E-state index is -0.618. The standard InChI is InChI=1S/C21H39NO4/c1-4-5-6-7-8-9-10-11-20(23)25-15-18-13-17-12-16(18)14-19(17)26-21(24)22(2)3/h16-20,23H,4-15H2,1-3H3. The normalized spacial score (nSPS) is 28.3. The molecule has 0 aromatic rings. The molecule has 1 N–H and O–H groups in total. The van der Waals surface area contributed by atoms with Crippen molar-refractivity contribution in [1.29, 1.82) is 0 Å². The van der Waals surface area contributed by atoms with Crippen molar-refractivity contribution in [3.8, 4) is 0 Å². The van der Waals surface area contributed by atoms with Crippen molar-refractivity contribution in [3.05, 3.63) is 0 Å². The molecule has 2 fully saturated rings. The Balaban J connectivity index is 1.53. The minimum Gasteiger partial charge on any atom is -0.446 e. The number of rotatable bonds is 12. The van der Waals surface area contributed by atoms with E-state index in [9.17, 15) is 9.90 Å². The van der Waals surface area contributed by atoms with Crippen LogP contribution in [0.5, 0.6) is 0 Å². The zero-order valence-electron chi connectivity index (χ0n) is 17.0. The highest BCUT2D eigenvalue weighted by atomic mass is 16.6. The van der Waals surface area contributed by atoms with Gasteiger partial charge in [0.2, 0.25) is 0 Å². The van der Waals surface area contributed by atoms with E-state index in [1.807, 2.05) is 0 Å². The smallest absolute Gasteiger partial charge is 0.409 e. The van der Waals surface area contributed by atoms with E-state index in [1.165, 1.54) is 43.4 Å². The minimum absolute atomic E-state index is 0.0729. The third kappa shape index (κ3) is 6.73. The largest absolute Gasteiger partial charge is 0.446 e. The van der Waals surface area contributed by atoms with Gasteiger partial charge in [-0.2, -0.15) is 0 Å². The third-order valence-electron chi connectivity index (χ3n) is 6.11. The maximum atomic E-state index is 11.7. The Bertz CT molecular complexity index is 415. The fraction of sp³-hybridized carbons (Fsp3) is 0.952. The summed E-state index contributed by atoms with van der Waals surface area (Å²) in [6, 6.07) is 0. The van der Waals surface area contributed by atoms with Crippen molar-refractivity contribution in [2.45, 2.75) is 89.9 Å². The average Bonchev–Trinajstić information content (AvgIpc) is 3.19. The van der Waals surface area contributed by atoms with Gasteiger partial charge in [-0.15, -0.1) is 0 Å². The van der Waals surface area contributed by atoms with Gasteiger partial charge in [0.05, 0.1) is 6.61 Å². The van der Waals surface area contributed by atoms with Crippen LogP contribution in [0.2, 0.25) is 0 Å². The Morgan fingerprint density at radius 1 is 1.04 bits per heavy atom. The summed E-state index contributed by atoms with van der Waals surface area (Å²) in [5.41, 5.74) is 0. The second kappa shape index (κ2) is 11.1. The Hall–Kier alpha value is -0.810. The molecule has 5 heteroatoms. The lowest BCUT2D eigenvalue weighted by Crippen LogP contribution is -2.33. The molecule has 26 heavy (non-hydrogen) atoms. The summed E-state index contributed by atoms with van der Waals surface area (Å²) >= 11 is 0. The van der Waals surface area contributed by atoms with E-state index in [-0.39, 0.29) is 12.2 Å². The first-order valence-corrected chi connectivity index (χ1v) is 10.7. The molecule has 5 unspecified atom stereocenters. The average molecular weight is 370 g/mol. The zero-order valence-corrected chi connectivity index (χ0v) is 17.0. The first-order chi connectivity index (χ1) is 12.5. The molecule has 2 bridgehead atoms. The predicted molar refractivity (Wildman–Crippen MR) is 103 cm³/mol. The fourth-order valence-electron chi connectivity index (χ4n) is 4.52. The van der Waals surface area contributed by atoms with Gasteiger partial charge in [-0.05, 0) is 49.9 Å². The molecule has 152 valence electrons. The molecule has 0 radical (unpaired) electrons. The van der Waals surface area contributed by atoms with E-state index < -0.39 is 6.29 Å². The lowest BCUT2D eigenvalue weighted by molar-refractivity contribution is -0.120. The van der Waals surface area contributed by atoms with Crippen molar-refractivity contribution in [2.75, 3.05) is 20.7 Å². The van der Waals surface area contributed by atoms with E-state index in [4.69, 9.17) is 9.47 Å². The number of fused-ring (bicyclic) bond motifs is 2. The van der Waals surface area contributed by atoms with Crippen LogP contribution >= 0.6 is 0 Å². The Morgan fingerprint density at radius 2 is 1.73 bits per heavy atom. The van der Waals surface area contributed by atoms with E-state index >= 15 is 0 Å². The maximum Gasteiger partial charge on any atom is 0.409 e. The molecule has 0 aromatic carbocycles. The van der Waals surface area contributed by atoms with Gasteiger partial charge in [0.25, 0.3) is 0 Å². The van der Waals surface area contributed by atoms with Crippen LogP contribution in [-0.2, 0) is 9.47 Å². The van der Waals surface area contributed by atoms with E-state index in [1.54, 1.807) is 14.1 Å². The molecule has 0 heterocycles. The number of aliphatic hydroxyl groups is 1. The first-order valence-electron chi connectivity index (χ1n) is 10.7. The van der Waals surface area contributed by atoms with Crippen LogP contribution in [0.15, 0.2) is 0 Å². The third-order valence-corrected chi connectivity index (χ3v) is 6.11. The van der Waals surface area contributed by atoms with Gasteiger partial charge in [0.1, 0.15) is 6.10 Å². The first kappa shape index (κ1) is 21.5. The molecular formula is C21H39NO4. The van der Waals surface area contributed by atoms with Gasteiger partial charge >= 0.3 is 6.09 Å². The van der Waals surface area contributed by atoms with Gasteiger partial charge in [-0.25, -0.2) is 4.79 Å². The molecule has 0 aromatic heterocycles. The van der Waals surface area contributed by atoms with Crippen molar-refractivity contribution in [2.24, 2.45) is 17.8 Å². The molecule has 2 saturated carbocycles. The van der Waals surface area contributed by atoms with Gasteiger partial charge in [0, 0.05) is 14.1 Å². The number of amides is 1. The zero-order chi connectivity index (χ0) is 18.9. The number of nitrogens with zero attached hydrogens (tertiary/aromatic N) is 1. The lowest BCUT2D eigenvalue weighted by Gasteiger charge is -2.29. The maximum absolute atomic E-state index is 11.7. The van der Waals surface area contributed by atoms with Crippen molar-refractivity contribution >= 4 is 6.09 Å². The molecule has 2 rings (SSSR count). The van der Waals surface area contributed by atoms with Gasteiger partial charge in [0.15, 0.2) is 6.29 Å². The van der Waals surface area contributed by atoms with Crippen molar-refractivity contribution in [3.63, 3.8) is 0 Å². The summed E-state index contributed by atoms with van der Waals surface area (Å²) in [4.78, 5) is 13.2. The molecule has 1 amide bonds. The van der Waals surface area contributed by atoms with Gasteiger partial charge < -0.3 is 19.5 Å². The summed E-state index contributed by atoms with van der Waals surface area (Å²) in [5.74, 6) is 1.56. The highest BCUT2D eigenvalue weighted by molar-refractivity contribution is 5.67. The van der Waals surface area contributed by atoms with E-state index in [2.05, 4.69) is 6.92 Å². The van der Waals surface area contributed by atoms with Crippen molar-refractivity contribution in [1.82, 2.24) is 4.90 Å². The van der Waals surface area contributed by atoms with E-state index in [0.29, 0.717) is 24.4 Å². The number of carbonyl (C=O) groups excluding carboxylic acids is 1. The molecule has 2 aliphatic carbocycles. The van der Waals surface area contributed by atoms with Crippen LogP contribution < -0.4 is 0 Å². The molecule has 0 aliphatic heterocycles. The number of unbranched alkanes of at least 4 members (excludes halogenated alkanes) is 6. The highest BCUT2D eigenvalue weighted by Crippen LogP contribution is 2.49. The van der Waals surface area contributed by atoms with E-state index in [0.717, 1.165) is 32.1 Å². The van der Waals surface area contributed by atoms with Crippen LogP contribution in [0.25, 0.3) is 0 Å². The SMILES string of the molecule is CCCCCCCCCC(O)OCC1CC2CC1CC2OC(=O)N(C)C. The number of ether oxygens (including phenoxy) is 2. The summed E-state index contributed by atoms with van der Waals surface area (Å²) in [5, 5.41) is 10.1. The predicted octanol–water partition coefficient (Wildman–Crippen LogP) is 4.58. The monoisotopic (exact) mass is 369 g/mol. The second-order valence-corrected chi connectivity index (χ2v) is 8.50.